The lowest BCUT2D eigenvalue weighted by Crippen LogP contribution is -2.50. The highest BCUT2D eigenvalue weighted by atomic mass is 19.1. The van der Waals surface area contributed by atoms with E-state index in [1.165, 1.54) is 0 Å². The third-order valence-electron chi connectivity index (χ3n) is 2.65. The molecule has 0 saturated carbocycles. The topological polar surface area (TPSA) is 50.4 Å². The zero-order valence-electron chi connectivity index (χ0n) is 10.4. The number of amides is 1. The highest BCUT2D eigenvalue weighted by molar-refractivity contribution is 5.68. The summed E-state index contributed by atoms with van der Waals surface area (Å²) in [6.45, 7) is 7.93. The summed E-state index contributed by atoms with van der Waals surface area (Å²) in [6.07, 6.45) is -0.145. The monoisotopic (exact) mass is 232 g/mol. The van der Waals surface area contributed by atoms with Crippen LogP contribution in [0.3, 0.4) is 0 Å². The van der Waals surface area contributed by atoms with Crippen LogP contribution in [0.5, 0.6) is 0 Å². The first-order valence-electron chi connectivity index (χ1n) is 5.62. The van der Waals surface area contributed by atoms with Crippen LogP contribution in [0.1, 0.15) is 34.1 Å². The van der Waals surface area contributed by atoms with Gasteiger partial charge in [-0.3, -0.25) is 0 Å². The molecule has 1 saturated heterocycles. The van der Waals surface area contributed by atoms with Gasteiger partial charge in [0.25, 0.3) is 0 Å². The number of rotatable bonds is 2. The summed E-state index contributed by atoms with van der Waals surface area (Å²) in [7, 11) is 0. The van der Waals surface area contributed by atoms with Crippen molar-refractivity contribution >= 4 is 6.09 Å². The molecule has 1 aliphatic heterocycles. The summed E-state index contributed by atoms with van der Waals surface area (Å²) in [5.74, 6) is 0. The molecule has 0 aromatic rings. The number of hydrogen-bond acceptors (Lipinski definition) is 3. The van der Waals surface area contributed by atoms with Gasteiger partial charge in [-0.05, 0) is 40.7 Å². The van der Waals surface area contributed by atoms with Gasteiger partial charge < -0.3 is 15.4 Å². The number of halogens is 1. The van der Waals surface area contributed by atoms with Crippen LogP contribution in [0.25, 0.3) is 0 Å². The Balaban J connectivity index is 2.45. The normalized spacial score (nSPS) is 27.6. The van der Waals surface area contributed by atoms with Crippen molar-refractivity contribution in [2.75, 3.05) is 13.1 Å². The van der Waals surface area contributed by atoms with Gasteiger partial charge in [0.2, 0.25) is 0 Å². The molecule has 0 radical (unpaired) electrons. The van der Waals surface area contributed by atoms with E-state index in [-0.39, 0.29) is 6.54 Å². The number of hydrogen-bond donors (Lipinski definition) is 2. The van der Waals surface area contributed by atoms with Crippen LogP contribution in [0.4, 0.5) is 9.18 Å². The Kier molecular flexibility index (Phi) is 3.78. The van der Waals surface area contributed by atoms with E-state index in [9.17, 15) is 9.18 Å². The molecule has 0 spiro atoms. The fourth-order valence-corrected chi connectivity index (χ4v) is 1.66. The van der Waals surface area contributed by atoms with Gasteiger partial charge in [0, 0.05) is 6.54 Å². The summed E-state index contributed by atoms with van der Waals surface area (Å²) in [6, 6.07) is -0.544. The van der Waals surface area contributed by atoms with E-state index in [0.29, 0.717) is 13.0 Å². The summed E-state index contributed by atoms with van der Waals surface area (Å²) < 4.78 is 19.2. The molecule has 0 aromatic carbocycles. The van der Waals surface area contributed by atoms with Gasteiger partial charge >= 0.3 is 6.09 Å². The Morgan fingerprint density at radius 3 is 2.62 bits per heavy atom. The van der Waals surface area contributed by atoms with Gasteiger partial charge in [-0.1, -0.05) is 0 Å². The van der Waals surface area contributed by atoms with Gasteiger partial charge in [-0.25, -0.2) is 9.18 Å². The number of alkyl halides is 1. The smallest absolute Gasteiger partial charge is 0.407 e. The number of alkyl carbamates (subject to hydrolysis) is 1. The molecule has 4 nitrogen and oxygen atoms in total. The third-order valence-corrected chi connectivity index (χ3v) is 2.65. The SMILES string of the molecule is CC(NC(=O)OC(C)(C)C)C1(F)CCNC1. The minimum Gasteiger partial charge on any atom is -0.444 e. The minimum atomic E-state index is -1.36. The van der Waals surface area contributed by atoms with Crippen LogP contribution in [0, 0.1) is 0 Å². The van der Waals surface area contributed by atoms with E-state index < -0.39 is 23.4 Å². The number of carbonyl (C=O) groups excluding carboxylic acids is 1. The first kappa shape index (κ1) is 13.2. The number of carbonyl (C=O) groups is 1. The molecule has 0 aromatic heterocycles. The van der Waals surface area contributed by atoms with Gasteiger partial charge in [-0.15, -0.1) is 0 Å². The molecule has 2 atom stereocenters. The van der Waals surface area contributed by atoms with Crippen LogP contribution in [-0.2, 0) is 4.74 Å². The molecule has 2 unspecified atom stereocenters. The summed E-state index contributed by atoms with van der Waals surface area (Å²) in [5, 5.41) is 5.49. The van der Waals surface area contributed by atoms with Crippen molar-refractivity contribution in [3.8, 4) is 0 Å². The second-order valence-corrected chi connectivity index (χ2v) is 5.33. The number of ether oxygens (including phenoxy) is 1. The Hall–Kier alpha value is -0.840. The van der Waals surface area contributed by atoms with Crippen molar-refractivity contribution in [3.05, 3.63) is 0 Å². The maximum Gasteiger partial charge on any atom is 0.407 e. The van der Waals surface area contributed by atoms with E-state index in [1.54, 1.807) is 27.7 Å². The Morgan fingerprint density at radius 2 is 2.19 bits per heavy atom. The standard InChI is InChI=1S/C11H21FN2O2/c1-8(11(12)5-6-13-7-11)14-9(15)16-10(2,3)4/h8,13H,5-7H2,1-4H3,(H,14,15). The predicted molar refractivity (Wildman–Crippen MR) is 60.2 cm³/mol. The van der Waals surface area contributed by atoms with Gasteiger partial charge in [-0.2, -0.15) is 0 Å². The molecule has 1 aliphatic rings. The molecular weight excluding hydrogens is 211 g/mol. The van der Waals surface area contributed by atoms with Crippen molar-refractivity contribution in [2.24, 2.45) is 0 Å². The molecular formula is C11H21FN2O2. The van der Waals surface area contributed by atoms with Crippen LogP contribution in [-0.4, -0.2) is 36.5 Å². The molecule has 1 rings (SSSR count). The second-order valence-electron chi connectivity index (χ2n) is 5.33. The molecule has 0 aliphatic carbocycles. The van der Waals surface area contributed by atoms with Crippen molar-refractivity contribution in [1.29, 1.82) is 0 Å². The van der Waals surface area contributed by atoms with Gasteiger partial charge in [0.1, 0.15) is 11.3 Å². The predicted octanol–water partition coefficient (Wildman–Crippen LogP) is 1.60. The summed E-state index contributed by atoms with van der Waals surface area (Å²) in [4.78, 5) is 11.4. The van der Waals surface area contributed by atoms with E-state index in [4.69, 9.17) is 4.74 Å². The first-order valence-corrected chi connectivity index (χ1v) is 5.62. The van der Waals surface area contributed by atoms with Crippen molar-refractivity contribution in [2.45, 2.75) is 51.4 Å². The van der Waals surface area contributed by atoms with E-state index in [0.717, 1.165) is 0 Å². The Bertz CT molecular complexity index is 257. The van der Waals surface area contributed by atoms with Gasteiger partial charge in [0.15, 0.2) is 0 Å². The highest BCUT2D eigenvalue weighted by Crippen LogP contribution is 2.24. The first-order chi connectivity index (χ1) is 7.23. The molecule has 2 N–H and O–H groups in total. The van der Waals surface area contributed by atoms with Crippen LogP contribution in [0.2, 0.25) is 0 Å². The summed E-state index contributed by atoms with van der Waals surface area (Å²) >= 11 is 0. The minimum absolute atomic E-state index is 0.282. The van der Waals surface area contributed by atoms with E-state index in [1.807, 2.05) is 0 Å². The third kappa shape index (κ3) is 3.63. The molecule has 1 fully saturated rings. The van der Waals surface area contributed by atoms with Crippen molar-refractivity contribution in [3.63, 3.8) is 0 Å². The van der Waals surface area contributed by atoms with E-state index >= 15 is 0 Å². The van der Waals surface area contributed by atoms with Crippen molar-refractivity contribution in [1.82, 2.24) is 10.6 Å². The summed E-state index contributed by atoms with van der Waals surface area (Å²) in [5.41, 5.74) is -1.92. The lowest BCUT2D eigenvalue weighted by Gasteiger charge is -2.28. The van der Waals surface area contributed by atoms with Crippen LogP contribution < -0.4 is 10.6 Å². The zero-order chi connectivity index (χ0) is 12.4. The van der Waals surface area contributed by atoms with Gasteiger partial charge in [0.05, 0.1) is 6.04 Å². The largest absolute Gasteiger partial charge is 0.444 e. The lowest BCUT2D eigenvalue weighted by atomic mass is 9.97. The molecule has 1 amide bonds. The quantitative estimate of drug-likeness (QED) is 0.760. The Morgan fingerprint density at radius 1 is 1.56 bits per heavy atom. The maximum atomic E-state index is 14.2. The highest BCUT2D eigenvalue weighted by Gasteiger charge is 2.40. The zero-order valence-corrected chi connectivity index (χ0v) is 10.4. The molecule has 94 valence electrons. The fraction of sp³-hybridized carbons (Fsp3) is 0.909. The van der Waals surface area contributed by atoms with Crippen LogP contribution >= 0.6 is 0 Å². The average molecular weight is 232 g/mol. The van der Waals surface area contributed by atoms with E-state index in [2.05, 4.69) is 10.6 Å². The number of nitrogens with one attached hydrogen (secondary N) is 2. The molecule has 16 heavy (non-hydrogen) atoms. The van der Waals surface area contributed by atoms with Crippen molar-refractivity contribution < 1.29 is 13.9 Å². The molecule has 5 heteroatoms. The molecule has 1 heterocycles. The average Bonchev–Trinajstić information content (AvgIpc) is 2.49. The fourth-order valence-electron chi connectivity index (χ4n) is 1.66. The molecule has 0 bridgehead atoms. The Labute approximate surface area is 95.9 Å². The second kappa shape index (κ2) is 4.57. The van der Waals surface area contributed by atoms with Crippen LogP contribution in [0.15, 0.2) is 0 Å². The maximum absolute atomic E-state index is 14.2. The lowest BCUT2D eigenvalue weighted by molar-refractivity contribution is 0.0421.